The largest absolute Gasteiger partial charge is 0.343 e. The highest BCUT2D eigenvalue weighted by Crippen LogP contribution is 2.27. The van der Waals surface area contributed by atoms with E-state index in [1.807, 2.05) is 52.9 Å². The van der Waals surface area contributed by atoms with Crippen LogP contribution in [0.4, 0.5) is 5.82 Å². The van der Waals surface area contributed by atoms with E-state index >= 15 is 0 Å². The first-order chi connectivity index (χ1) is 16.0. The Labute approximate surface area is 195 Å². The predicted octanol–water partition coefficient (Wildman–Crippen LogP) is 4.88. The molecule has 0 spiro atoms. The molecule has 1 aliphatic heterocycles. The van der Waals surface area contributed by atoms with Gasteiger partial charge in [-0.2, -0.15) is 5.10 Å². The van der Waals surface area contributed by atoms with Gasteiger partial charge in [0, 0.05) is 37.1 Å². The lowest BCUT2D eigenvalue weighted by Gasteiger charge is -2.31. The first-order valence-corrected chi connectivity index (χ1v) is 11.8. The van der Waals surface area contributed by atoms with Gasteiger partial charge in [-0.15, -0.1) is 0 Å². The van der Waals surface area contributed by atoms with E-state index in [0.29, 0.717) is 44.7 Å². The van der Waals surface area contributed by atoms with E-state index in [9.17, 15) is 9.59 Å². The molecule has 1 aliphatic rings. The molecule has 0 unspecified atom stereocenters. The quantitative estimate of drug-likeness (QED) is 0.565. The number of aryl methyl sites for hydroxylation is 1. The lowest BCUT2D eigenvalue weighted by molar-refractivity contribution is -0.134. The van der Waals surface area contributed by atoms with Crippen LogP contribution >= 0.6 is 0 Å². The first-order valence-electron chi connectivity index (χ1n) is 11.8. The first kappa shape index (κ1) is 22.8. The van der Waals surface area contributed by atoms with Crippen LogP contribution in [0.15, 0.2) is 60.7 Å². The van der Waals surface area contributed by atoms with Crippen molar-refractivity contribution in [1.82, 2.24) is 14.7 Å². The summed E-state index contributed by atoms with van der Waals surface area (Å²) in [5.41, 5.74) is 4.17. The van der Waals surface area contributed by atoms with Gasteiger partial charge in [-0.25, -0.2) is 4.68 Å². The van der Waals surface area contributed by atoms with E-state index in [-0.39, 0.29) is 17.7 Å². The minimum absolute atomic E-state index is 0.00290. The number of likely N-dealkylation sites (tertiary alicyclic amines) is 1. The summed E-state index contributed by atoms with van der Waals surface area (Å²) in [6, 6.07) is 20.2. The van der Waals surface area contributed by atoms with Crippen LogP contribution in [0.5, 0.6) is 0 Å². The van der Waals surface area contributed by atoms with Crippen LogP contribution in [0.3, 0.4) is 0 Å². The number of carbonyl (C=O) groups excluding carboxylic acids is 2. The second-order valence-corrected chi connectivity index (χ2v) is 8.77. The van der Waals surface area contributed by atoms with Crippen LogP contribution in [0.25, 0.3) is 11.3 Å². The summed E-state index contributed by atoms with van der Waals surface area (Å²) >= 11 is 0. The number of hydrogen-bond acceptors (Lipinski definition) is 3. The predicted molar refractivity (Wildman–Crippen MR) is 131 cm³/mol. The maximum Gasteiger partial charge on any atom is 0.228 e. The second-order valence-electron chi connectivity index (χ2n) is 8.77. The fourth-order valence-electron chi connectivity index (χ4n) is 4.38. The standard InChI is InChI=1S/C27H32N4O2/c1-3-9-26(32)30-16-14-22(15-17-30)27(33)28-25-18-24(23-13-8-7-10-20(23)2)29-31(25)19-21-11-5-4-6-12-21/h4-8,10-13,18,22H,3,9,14-17,19H2,1-2H3,(H,28,33). The number of aromatic nitrogens is 2. The van der Waals surface area contributed by atoms with Gasteiger partial charge < -0.3 is 10.2 Å². The Kier molecular flexibility index (Phi) is 7.23. The highest BCUT2D eigenvalue weighted by molar-refractivity contribution is 5.92. The van der Waals surface area contributed by atoms with Crippen molar-refractivity contribution in [2.45, 2.75) is 46.1 Å². The average molecular weight is 445 g/mol. The summed E-state index contributed by atoms with van der Waals surface area (Å²) in [5, 5.41) is 7.98. The van der Waals surface area contributed by atoms with Crippen LogP contribution in [0, 0.1) is 12.8 Å². The number of nitrogens with zero attached hydrogens (tertiary/aromatic N) is 3. The summed E-state index contributed by atoms with van der Waals surface area (Å²) in [6.45, 7) is 5.95. The molecule has 1 N–H and O–H groups in total. The Morgan fingerprint density at radius 2 is 1.73 bits per heavy atom. The van der Waals surface area contributed by atoms with Crippen molar-refractivity contribution < 1.29 is 9.59 Å². The van der Waals surface area contributed by atoms with E-state index in [1.54, 1.807) is 0 Å². The zero-order valence-electron chi connectivity index (χ0n) is 19.5. The van der Waals surface area contributed by atoms with Gasteiger partial charge >= 0.3 is 0 Å². The zero-order chi connectivity index (χ0) is 23.2. The molecule has 1 saturated heterocycles. The summed E-state index contributed by atoms with van der Waals surface area (Å²) in [5.74, 6) is 0.799. The summed E-state index contributed by atoms with van der Waals surface area (Å²) in [7, 11) is 0. The third-order valence-corrected chi connectivity index (χ3v) is 6.31. The van der Waals surface area contributed by atoms with Gasteiger partial charge in [0.25, 0.3) is 0 Å². The van der Waals surface area contributed by atoms with E-state index in [4.69, 9.17) is 5.10 Å². The number of amides is 2. The molecule has 3 aromatic rings. The third kappa shape index (κ3) is 5.51. The van der Waals surface area contributed by atoms with Crippen molar-refractivity contribution in [2.75, 3.05) is 18.4 Å². The lowest BCUT2D eigenvalue weighted by Crippen LogP contribution is -2.41. The van der Waals surface area contributed by atoms with E-state index in [1.165, 1.54) is 0 Å². The van der Waals surface area contributed by atoms with Crippen LogP contribution in [0.1, 0.15) is 43.7 Å². The van der Waals surface area contributed by atoms with Crippen molar-refractivity contribution in [3.8, 4) is 11.3 Å². The molecule has 1 fully saturated rings. The zero-order valence-corrected chi connectivity index (χ0v) is 19.5. The summed E-state index contributed by atoms with van der Waals surface area (Å²) < 4.78 is 1.87. The molecule has 0 bridgehead atoms. The van der Waals surface area contributed by atoms with Gasteiger partial charge in [0.1, 0.15) is 5.82 Å². The molecule has 0 aliphatic carbocycles. The minimum Gasteiger partial charge on any atom is -0.343 e. The second kappa shape index (κ2) is 10.5. The average Bonchev–Trinajstić information content (AvgIpc) is 3.22. The molecule has 2 amide bonds. The monoisotopic (exact) mass is 444 g/mol. The van der Waals surface area contributed by atoms with Crippen molar-refractivity contribution in [1.29, 1.82) is 0 Å². The number of carbonyl (C=O) groups is 2. The number of piperidine rings is 1. The maximum atomic E-state index is 13.1. The van der Waals surface area contributed by atoms with E-state index in [0.717, 1.165) is 28.8 Å². The topological polar surface area (TPSA) is 67.2 Å². The minimum atomic E-state index is -0.0994. The van der Waals surface area contributed by atoms with Gasteiger partial charge in [0.2, 0.25) is 11.8 Å². The number of hydrogen-bond donors (Lipinski definition) is 1. The highest BCUT2D eigenvalue weighted by atomic mass is 16.2. The van der Waals surface area contributed by atoms with Crippen LogP contribution < -0.4 is 5.32 Å². The highest BCUT2D eigenvalue weighted by Gasteiger charge is 2.28. The molecule has 0 radical (unpaired) electrons. The summed E-state index contributed by atoms with van der Waals surface area (Å²) in [6.07, 6.45) is 2.82. The maximum absolute atomic E-state index is 13.1. The molecule has 2 aromatic carbocycles. The Bertz CT molecular complexity index is 1100. The Morgan fingerprint density at radius 1 is 1.03 bits per heavy atom. The SMILES string of the molecule is CCCC(=O)N1CCC(C(=O)Nc2cc(-c3ccccc3C)nn2Cc2ccccc2)CC1. The normalized spacial score (nSPS) is 14.3. The molecular weight excluding hydrogens is 412 g/mol. The van der Waals surface area contributed by atoms with Gasteiger partial charge in [0.15, 0.2) is 0 Å². The number of rotatable bonds is 7. The van der Waals surface area contributed by atoms with Crippen LogP contribution in [0.2, 0.25) is 0 Å². The van der Waals surface area contributed by atoms with Crippen molar-refractivity contribution >= 4 is 17.6 Å². The van der Waals surface area contributed by atoms with Gasteiger partial charge in [-0.05, 0) is 37.3 Å². The number of anilines is 1. The van der Waals surface area contributed by atoms with E-state index < -0.39 is 0 Å². The molecular formula is C27H32N4O2. The molecule has 2 heterocycles. The lowest BCUT2D eigenvalue weighted by atomic mass is 9.95. The van der Waals surface area contributed by atoms with Crippen LogP contribution in [-0.2, 0) is 16.1 Å². The van der Waals surface area contributed by atoms with Gasteiger partial charge in [-0.3, -0.25) is 9.59 Å². The number of benzene rings is 2. The van der Waals surface area contributed by atoms with Crippen molar-refractivity contribution in [3.63, 3.8) is 0 Å². The fourth-order valence-corrected chi connectivity index (χ4v) is 4.38. The van der Waals surface area contributed by atoms with Crippen molar-refractivity contribution in [2.24, 2.45) is 5.92 Å². The Balaban J connectivity index is 1.51. The van der Waals surface area contributed by atoms with Gasteiger partial charge in [0.05, 0.1) is 12.2 Å². The smallest absolute Gasteiger partial charge is 0.228 e. The van der Waals surface area contributed by atoms with E-state index in [2.05, 4.69) is 36.5 Å². The Hall–Kier alpha value is -3.41. The molecule has 0 atom stereocenters. The fraction of sp³-hybridized carbons (Fsp3) is 0.370. The van der Waals surface area contributed by atoms with Gasteiger partial charge in [-0.1, -0.05) is 61.5 Å². The number of nitrogens with one attached hydrogen (secondary N) is 1. The molecule has 0 saturated carbocycles. The molecule has 1 aromatic heterocycles. The molecule has 4 rings (SSSR count). The van der Waals surface area contributed by atoms with Crippen molar-refractivity contribution in [3.05, 3.63) is 71.8 Å². The Morgan fingerprint density at radius 3 is 2.42 bits per heavy atom. The molecule has 6 heteroatoms. The molecule has 6 nitrogen and oxygen atoms in total. The molecule has 172 valence electrons. The molecule has 33 heavy (non-hydrogen) atoms. The van der Waals surface area contributed by atoms with Crippen LogP contribution in [-0.4, -0.2) is 39.6 Å². The third-order valence-electron chi connectivity index (χ3n) is 6.31. The summed E-state index contributed by atoms with van der Waals surface area (Å²) in [4.78, 5) is 27.2.